The molecular formula is C17H16F3NO4. The van der Waals surface area contributed by atoms with E-state index in [1.54, 1.807) is 6.92 Å². The van der Waals surface area contributed by atoms with Crippen LogP contribution in [-0.2, 0) is 15.7 Å². The molecule has 1 unspecified atom stereocenters. The molecule has 2 rings (SSSR count). The minimum absolute atomic E-state index is 0.0105. The Morgan fingerprint density at radius 1 is 1.24 bits per heavy atom. The summed E-state index contributed by atoms with van der Waals surface area (Å²) in [6, 6.07) is 6.90. The first-order valence-electron chi connectivity index (χ1n) is 7.36. The van der Waals surface area contributed by atoms with Gasteiger partial charge in [0.15, 0.2) is 5.76 Å². The number of ether oxygens (including phenoxy) is 1. The number of alkyl halides is 3. The molecule has 0 spiro atoms. The lowest BCUT2D eigenvalue weighted by atomic mass is 10.1. The Labute approximate surface area is 141 Å². The maximum Gasteiger partial charge on any atom is 0.416 e. The number of esters is 1. The van der Waals surface area contributed by atoms with Crippen LogP contribution in [0.25, 0.3) is 11.3 Å². The summed E-state index contributed by atoms with van der Waals surface area (Å²) in [6.07, 6.45) is -4.48. The fourth-order valence-electron chi connectivity index (χ4n) is 2.14. The van der Waals surface area contributed by atoms with Crippen molar-refractivity contribution >= 4 is 11.9 Å². The fraction of sp³-hybridized carbons (Fsp3) is 0.294. The largest absolute Gasteiger partial charge is 0.469 e. The molecule has 0 aliphatic heterocycles. The predicted octanol–water partition coefficient (Wildman–Crippen LogP) is 3.65. The van der Waals surface area contributed by atoms with E-state index in [2.05, 4.69) is 10.1 Å². The second kappa shape index (κ2) is 7.42. The van der Waals surface area contributed by atoms with Gasteiger partial charge in [0.05, 0.1) is 19.1 Å². The molecule has 0 fully saturated rings. The van der Waals surface area contributed by atoms with Gasteiger partial charge >= 0.3 is 12.1 Å². The number of hydrogen-bond donors (Lipinski definition) is 1. The van der Waals surface area contributed by atoms with Crippen molar-refractivity contribution in [1.82, 2.24) is 5.32 Å². The van der Waals surface area contributed by atoms with Crippen LogP contribution in [0, 0.1) is 0 Å². The molecule has 0 saturated carbocycles. The van der Waals surface area contributed by atoms with Gasteiger partial charge in [-0.25, -0.2) is 0 Å². The van der Waals surface area contributed by atoms with Crippen LogP contribution in [0.4, 0.5) is 13.2 Å². The lowest BCUT2D eigenvalue weighted by molar-refractivity contribution is -0.141. The average molecular weight is 355 g/mol. The third-order valence-corrected chi connectivity index (χ3v) is 3.38. The zero-order chi connectivity index (χ0) is 18.6. The van der Waals surface area contributed by atoms with E-state index in [1.165, 1.54) is 31.4 Å². The first-order valence-corrected chi connectivity index (χ1v) is 7.36. The topological polar surface area (TPSA) is 68.5 Å². The van der Waals surface area contributed by atoms with E-state index >= 15 is 0 Å². The van der Waals surface area contributed by atoms with Gasteiger partial charge in [0.25, 0.3) is 5.91 Å². The lowest BCUT2D eigenvalue weighted by Crippen LogP contribution is -2.34. The van der Waals surface area contributed by atoms with Crippen LogP contribution in [0.15, 0.2) is 40.8 Å². The second-order valence-electron chi connectivity index (χ2n) is 5.40. The molecule has 0 aliphatic carbocycles. The van der Waals surface area contributed by atoms with Gasteiger partial charge in [-0.1, -0.05) is 12.1 Å². The van der Waals surface area contributed by atoms with Crippen LogP contribution in [-0.4, -0.2) is 25.0 Å². The summed E-state index contributed by atoms with van der Waals surface area (Å²) in [5.74, 6) is -0.979. The van der Waals surface area contributed by atoms with Crippen molar-refractivity contribution < 1.29 is 31.9 Å². The Morgan fingerprint density at radius 3 is 2.60 bits per heavy atom. The van der Waals surface area contributed by atoms with Gasteiger partial charge in [-0.05, 0) is 31.2 Å². The van der Waals surface area contributed by atoms with Gasteiger partial charge in [-0.15, -0.1) is 0 Å². The molecule has 0 saturated heterocycles. The highest BCUT2D eigenvalue weighted by molar-refractivity contribution is 5.92. The summed E-state index contributed by atoms with van der Waals surface area (Å²) in [6.45, 7) is 1.62. The van der Waals surface area contributed by atoms with E-state index in [4.69, 9.17) is 4.42 Å². The van der Waals surface area contributed by atoms with Crippen molar-refractivity contribution in [2.75, 3.05) is 7.11 Å². The van der Waals surface area contributed by atoms with Crippen LogP contribution < -0.4 is 5.32 Å². The first-order chi connectivity index (χ1) is 11.7. The van der Waals surface area contributed by atoms with Gasteiger partial charge in [0.1, 0.15) is 5.76 Å². The number of benzene rings is 1. The monoisotopic (exact) mass is 355 g/mol. The van der Waals surface area contributed by atoms with Gasteiger partial charge in [0.2, 0.25) is 0 Å². The molecular weight excluding hydrogens is 339 g/mol. The molecule has 0 bridgehead atoms. The Hall–Kier alpha value is -2.77. The highest BCUT2D eigenvalue weighted by Crippen LogP contribution is 2.32. The Bertz CT molecular complexity index is 767. The normalized spacial score (nSPS) is 12.5. The molecule has 1 N–H and O–H groups in total. The van der Waals surface area contributed by atoms with E-state index in [0.29, 0.717) is 0 Å². The van der Waals surface area contributed by atoms with Crippen LogP contribution in [0.2, 0.25) is 0 Å². The average Bonchev–Trinajstić information content (AvgIpc) is 3.04. The SMILES string of the molecule is COC(=O)CC(C)NC(=O)c1ccc(-c2cccc(C(F)(F)F)c2)o1. The first kappa shape index (κ1) is 18.6. The molecule has 134 valence electrons. The van der Waals surface area contributed by atoms with Crippen LogP contribution >= 0.6 is 0 Å². The van der Waals surface area contributed by atoms with E-state index in [1.807, 2.05) is 0 Å². The maximum absolute atomic E-state index is 12.8. The Kier molecular flexibility index (Phi) is 5.51. The van der Waals surface area contributed by atoms with Crippen LogP contribution in [0.3, 0.4) is 0 Å². The fourth-order valence-corrected chi connectivity index (χ4v) is 2.14. The molecule has 1 amide bonds. The number of carbonyl (C=O) groups excluding carboxylic acids is 2. The Balaban J connectivity index is 2.12. The summed E-state index contributed by atoms with van der Waals surface area (Å²) >= 11 is 0. The quantitative estimate of drug-likeness (QED) is 0.832. The van der Waals surface area contributed by atoms with Gasteiger partial charge in [-0.2, -0.15) is 13.2 Å². The third-order valence-electron chi connectivity index (χ3n) is 3.38. The van der Waals surface area contributed by atoms with E-state index < -0.39 is 29.7 Å². The maximum atomic E-state index is 12.8. The van der Waals surface area contributed by atoms with Crippen molar-refractivity contribution in [1.29, 1.82) is 0 Å². The molecule has 0 aliphatic rings. The zero-order valence-electron chi connectivity index (χ0n) is 13.5. The van der Waals surface area contributed by atoms with Crippen molar-refractivity contribution in [3.05, 3.63) is 47.7 Å². The van der Waals surface area contributed by atoms with Crippen LogP contribution in [0.5, 0.6) is 0 Å². The molecule has 25 heavy (non-hydrogen) atoms. The van der Waals surface area contributed by atoms with Gasteiger partial charge in [0, 0.05) is 11.6 Å². The number of hydrogen-bond acceptors (Lipinski definition) is 4. The standard InChI is InChI=1S/C17H16F3NO4/c1-10(8-15(22)24-2)21-16(23)14-7-6-13(25-14)11-4-3-5-12(9-11)17(18,19)20/h3-7,9-10H,8H2,1-2H3,(H,21,23). The summed E-state index contributed by atoms with van der Waals surface area (Å²) in [7, 11) is 1.24. The van der Waals surface area contributed by atoms with Crippen molar-refractivity contribution in [2.24, 2.45) is 0 Å². The molecule has 1 aromatic carbocycles. The molecule has 0 radical (unpaired) electrons. The van der Waals surface area contributed by atoms with Crippen molar-refractivity contribution in [3.63, 3.8) is 0 Å². The molecule has 1 atom stereocenters. The van der Waals surface area contributed by atoms with E-state index in [9.17, 15) is 22.8 Å². The minimum Gasteiger partial charge on any atom is -0.469 e. The number of nitrogens with one attached hydrogen (secondary N) is 1. The second-order valence-corrected chi connectivity index (χ2v) is 5.40. The minimum atomic E-state index is -4.47. The number of carbonyl (C=O) groups is 2. The van der Waals surface area contributed by atoms with E-state index in [0.717, 1.165) is 12.1 Å². The Morgan fingerprint density at radius 2 is 1.96 bits per heavy atom. The van der Waals surface area contributed by atoms with E-state index in [-0.39, 0.29) is 23.5 Å². The predicted molar refractivity (Wildman–Crippen MR) is 82.7 cm³/mol. The third kappa shape index (κ3) is 4.85. The molecule has 8 heteroatoms. The number of furan rings is 1. The molecule has 1 heterocycles. The van der Waals surface area contributed by atoms with Crippen molar-refractivity contribution in [3.8, 4) is 11.3 Å². The molecule has 5 nitrogen and oxygen atoms in total. The number of halogens is 3. The summed E-state index contributed by atoms with van der Waals surface area (Å²) in [5.41, 5.74) is -0.601. The number of amides is 1. The summed E-state index contributed by atoms with van der Waals surface area (Å²) < 4.78 is 48.1. The van der Waals surface area contributed by atoms with Crippen molar-refractivity contribution in [2.45, 2.75) is 25.6 Å². The summed E-state index contributed by atoms with van der Waals surface area (Å²) in [4.78, 5) is 23.2. The number of methoxy groups -OCH3 is 1. The number of rotatable bonds is 5. The highest BCUT2D eigenvalue weighted by Gasteiger charge is 2.30. The smallest absolute Gasteiger partial charge is 0.416 e. The zero-order valence-corrected chi connectivity index (χ0v) is 13.5. The summed E-state index contributed by atoms with van der Waals surface area (Å²) in [5, 5.41) is 2.55. The lowest BCUT2D eigenvalue weighted by Gasteiger charge is -2.11. The van der Waals surface area contributed by atoms with Gasteiger partial charge < -0.3 is 14.5 Å². The van der Waals surface area contributed by atoms with Crippen LogP contribution in [0.1, 0.15) is 29.5 Å². The molecule has 2 aromatic rings. The van der Waals surface area contributed by atoms with Gasteiger partial charge in [-0.3, -0.25) is 9.59 Å². The highest BCUT2D eigenvalue weighted by atomic mass is 19.4. The molecule has 1 aromatic heterocycles.